The first-order valence-electron chi connectivity index (χ1n) is 9.88. The summed E-state index contributed by atoms with van der Waals surface area (Å²) in [6, 6.07) is -1.27. The summed E-state index contributed by atoms with van der Waals surface area (Å²) in [4.78, 5) is 20.9. The molecule has 148 valence electrons. The number of hydrogen-bond donors (Lipinski definition) is 4. The fraction of sp³-hybridized carbons (Fsp3) is 0.895. The lowest BCUT2D eigenvalue weighted by molar-refractivity contribution is -0.140. The average molecular weight is 359 g/mol. The maximum absolute atomic E-state index is 10.5. The van der Waals surface area contributed by atoms with Crippen LogP contribution >= 0.6 is 0 Å². The maximum atomic E-state index is 10.5. The lowest BCUT2D eigenvalue weighted by atomic mass is 9.84. The Hall–Kier alpha value is -1.14. The molecule has 2 rings (SSSR count). The normalized spacial score (nSPS) is 21.0. The zero-order chi connectivity index (χ0) is 19.2. The lowest BCUT2D eigenvalue weighted by Crippen LogP contribution is -2.38. The van der Waals surface area contributed by atoms with Crippen molar-refractivity contribution in [3.63, 3.8) is 0 Å². The van der Waals surface area contributed by atoms with Crippen LogP contribution in [0.4, 0.5) is 0 Å². The highest BCUT2D eigenvalue weighted by atomic mass is 16.4. The van der Waals surface area contributed by atoms with Gasteiger partial charge >= 0.3 is 11.9 Å². The van der Waals surface area contributed by atoms with Gasteiger partial charge in [-0.3, -0.25) is 9.59 Å². The van der Waals surface area contributed by atoms with E-state index in [0.29, 0.717) is 12.3 Å². The molecule has 2 aliphatic carbocycles. The van der Waals surface area contributed by atoms with Crippen molar-refractivity contribution in [1.29, 1.82) is 0 Å². The highest BCUT2D eigenvalue weighted by Crippen LogP contribution is 2.27. The molecule has 2 saturated carbocycles. The molecule has 0 amide bonds. The summed E-state index contributed by atoms with van der Waals surface area (Å²) in [5, 5.41) is 17.2. The van der Waals surface area contributed by atoms with Crippen molar-refractivity contribution < 1.29 is 19.8 Å². The molecule has 0 aromatic carbocycles. The van der Waals surface area contributed by atoms with E-state index in [2.05, 4.69) is 0 Å². The summed E-state index contributed by atoms with van der Waals surface area (Å²) in [5.74, 6) is -0.927. The predicted molar refractivity (Wildman–Crippen MR) is 100 cm³/mol. The largest absolute Gasteiger partial charge is 0.480 e. The minimum absolute atomic E-state index is 0.223. The Balaban J connectivity index is 0.000000421. The van der Waals surface area contributed by atoms with Gasteiger partial charge in [-0.15, -0.1) is 0 Å². The summed E-state index contributed by atoms with van der Waals surface area (Å²) in [7, 11) is 0. The SMILES string of the molecule is CC.NC(C(=O)O)C1CCCCC1.NC(CC1CCCCC1)C(=O)O. The molecule has 0 spiro atoms. The smallest absolute Gasteiger partial charge is 0.320 e. The van der Waals surface area contributed by atoms with Crippen molar-refractivity contribution in [2.24, 2.45) is 23.3 Å². The van der Waals surface area contributed by atoms with Gasteiger partial charge in [0.05, 0.1) is 0 Å². The standard InChI is InChI=1S/C9H17NO2.C8H15NO2.C2H6/c10-8(9(11)12)6-7-4-2-1-3-5-7;9-7(8(10)11)6-4-2-1-3-5-6;1-2/h7-8H,1-6,10H2,(H,11,12);6-7H,1-5,9H2,(H,10,11);1-2H3. The third-order valence-electron chi connectivity index (χ3n) is 5.07. The van der Waals surface area contributed by atoms with E-state index in [-0.39, 0.29) is 5.92 Å². The number of aliphatic carboxylic acids is 2. The molecule has 0 aliphatic heterocycles. The first kappa shape index (κ1) is 23.9. The van der Waals surface area contributed by atoms with Gasteiger partial charge < -0.3 is 21.7 Å². The van der Waals surface area contributed by atoms with Gasteiger partial charge in [0, 0.05) is 0 Å². The zero-order valence-electron chi connectivity index (χ0n) is 16.0. The number of rotatable bonds is 5. The Bertz CT molecular complexity index is 364. The number of nitrogens with two attached hydrogens (primary N) is 2. The Morgan fingerprint density at radius 2 is 1.28 bits per heavy atom. The van der Waals surface area contributed by atoms with E-state index in [1.807, 2.05) is 13.8 Å². The van der Waals surface area contributed by atoms with E-state index in [0.717, 1.165) is 25.7 Å². The average Bonchev–Trinajstić information content (AvgIpc) is 2.64. The second-order valence-corrected chi connectivity index (χ2v) is 6.95. The van der Waals surface area contributed by atoms with Crippen LogP contribution in [0.15, 0.2) is 0 Å². The van der Waals surface area contributed by atoms with Crippen LogP contribution in [0.25, 0.3) is 0 Å². The molecule has 2 aliphatic rings. The summed E-state index contributed by atoms with van der Waals surface area (Å²) in [5.41, 5.74) is 10.9. The number of carboxylic acid groups (broad SMARTS) is 2. The fourth-order valence-electron chi connectivity index (χ4n) is 3.58. The van der Waals surface area contributed by atoms with Gasteiger partial charge in [0.15, 0.2) is 0 Å². The van der Waals surface area contributed by atoms with Crippen LogP contribution in [0.2, 0.25) is 0 Å². The van der Waals surface area contributed by atoms with Crippen molar-refractivity contribution in [3.05, 3.63) is 0 Å². The molecular weight excluding hydrogens is 320 g/mol. The summed E-state index contributed by atoms with van der Waals surface area (Å²) in [6.45, 7) is 4.00. The van der Waals surface area contributed by atoms with Crippen LogP contribution in [0.1, 0.15) is 84.5 Å². The quantitative estimate of drug-likeness (QED) is 0.597. The summed E-state index contributed by atoms with van der Waals surface area (Å²) < 4.78 is 0. The highest BCUT2D eigenvalue weighted by Gasteiger charge is 2.25. The minimum atomic E-state index is -0.861. The fourth-order valence-corrected chi connectivity index (χ4v) is 3.58. The van der Waals surface area contributed by atoms with E-state index in [1.165, 1.54) is 38.5 Å². The van der Waals surface area contributed by atoms with Crippen molar-refractivity contribution >= 4 is 11.9 Å². The molecule has 0 bridgehead atoms. The third kappa shape index (κ3) is 10.4. The molecule has 2 fully saturated rings. The Kier molecular flexibility index (Phi) is 13.4. The number of carbonyl (C=O) groups is 2. The van der Waals surface area contributed by atoms with E-state index >= 15 is 0 Å². The van der Waals surface area contributed by atoms with E-state index in [4.69, 9.17) is 21.7 Å². The topological polar surface area (TPSA) is 127 Å². The maximum Gasteiger partial charge on any atom is 0.320 e. The number of carboxylic acids is 2. The monoisotopic (exact) mass is 358 g/mol. The Morgan fingerprint density at radius 3 is 1.68 bits per heavy atom. The van der Waals surface area contributed by atoms with Gasteiger partial charge in [-0.05, 0) is 31.1 Å². The van der Waals surface area contributed by atoms with Crippen LogP contribution in [0.3, 0.4) is 0 Å². The van der Waals surface area contributed by atoms with Gasteiger partial charge in [0.1, 0.15) is 12.1 Å². The third-order valence-corrected chi connectivity index (χ3v) is 5.07. The molecule has 0 heterocycles. The van der Waals surface area contributed by atoms with Crippen LogP contribution < -0.4 is 11.5 Å². The van der Waals surface area contributed by atoms with Crippen LogP contribution in [0.5, 0.6) is 0 Å². The second-order valence-electron chi connectivity index (χ2n) is 6.95. The van der Waals surface area contributed by atoms with E-state index in [1.54, 1.807) is 0 Å². The molecule has 0 radical (unpaired) electrons. The summed E-state index contributed by atoms with van der Waals surface area (Å²) in [6.07, 6.45) is 12.3. The molecular formula is C19H38N2O4. The molecule has 6 nitrogen and oxygen atoms in total. The molecule has 0 aromatic heterocycles. The zero-order valence-corrected chi connectivity index (χ0v) is 16.0. The molecule has 0 saturated heterocycles. The number of hydrogen-bond acceptors (Lipinski definition) is 4. The molecule has 6 N–H and O–H groups in total. The van der Waals surface area contributed by atoms with Gasteiger partial charge in [0.2, 0.25) is 0 Å². The van der Waals surface area contributed by atoms with Crippen molar-refractivity contribution in [3.8, 4) is 0 Å². The van der Waals surface area contributed by atoms with Gasteiger partial charge in [0.25, 0.3) is 0 Å². The van der Waals surface area contributed by atoms with Gasteiger partial charge in [-0.25, -0.2) is 0 Å². The minimum Gasteiger partial charge on any atom is -0.480 e. The van der Waals surface area contributed by atoms with Crippen LogP contribution in [-0.4, -0.2) is 34.2 Å². The van der Waals surface area contributed by atoms with Crippen molar-refractivity contribution in [2.45, 2.75) is 96.6 Å². The molecule has 6 heteroatoms. The van der Waals surface area contributed by atoms with E-state index < -0.39 is 24.0 Å². The first-order valence-corrected chi connectivity index (χ1v) is 9.88. The van der Waals surface area contributed by atoms with Gasteiger partial charge in [-0.2, -0.15) is 0 Å². The molecule has 25 heavy (non-hydrogen) atoms. The molecule has 2 atom stereocenters. The highest BCUT2D eigenvalue weighted by molar-refractivity contribution is 5.73. The van der Waals surface area contributed by atoms with Gasteiger partial charge in [-0.1, -0.05) is 65.2 Å². The van der Waals surface area contributed by atoms with Crippen LogP contribution in [-0.2, 0) is 9.59 Å². The van der Waals surface area contributed by atoms with Crippen LogP contribution in [0, 0.1) is 11.8 Å². The summed E-state index contributed by atoms with van der Waals surface area (Å²) >= 11 is 0. The van der Waals surface area contributed by atoms with Crippen molar-refractivity contribution in [2.75, 3.05) is 0 Å². The van der Waals surface area contributed by atoms with E-state index in [9.17, 15) is 9.59 Å². The predicted octanol–water partition coefficient (Wildman–Crippen LogP) is 3.37. The first-order chi connectivity index (χ1) is 11.9. The van der Waals surface area contributed by atoms with Crippen molar-refractivity contribution in [1.82, 2.24) is 0 Å². The lowest BCUT2D eigenvalue weighted by Gasteiger charge is -2.24. The molecule has 0 aromatic rings. The molecule has 2 unspecified atom stereocenters. The Labute approximate surface area is 152 Å². The second kappa shape index (κ2) is 14.1. The Morgan fingerprint density at radius 1 is 0.840 bits per heavy atom.